The number of nitrogens with zero attached hydrogens (tertiary/aromatic N) is 1. The number of rotatable bonds is 4. The fraction of sp³-hybridized carbons (Fsp3) is 0.357. The number of imide groups is 1. The number of sulfone groups is 1. The highest BCUT2D eigenvalue weighted by Gasteiger charge is 2.27. The lowest BCUT2D eigenvalue weighted by atomic mass is 10.2. The molecule has 1 fully saturated rings. The normalized spacial score (nSPS) is 14.9. The van der Waals surface area contributed by atoms with Crippen molar-refractivity contribution >= 4 is 39.2 Å². The van der Waals surface area contributed by atoms with E-state index in [0.717, 1.165) is 17.2 Å². The first-order chi connectivity index (χ1) is 10.7. The number of esters is 1. The van der Waals surface area contributed by atoms with E-state index >= 15 is 0 Å². The van der Waals surface area contributed by atoms with Gasteiger partial charge in [-0.3, -0.25) is 14.5 Å². The van der Waals surface area contributed by atoms with E-state index in [1.165, 1.54) is 12.1 Å². The lowest BCUT2D eigenvalue weighted by Crippen LogP contribution is -2.35. The molecule has 1 aliphatic heterocycles. The summed E-state index contributed by atoms with van der Waals surface area (Å²) in [5.41, 5.74) is -0.157. The Morgan fingerprint density at radius 1 is 1.35 bits per heavy atom. The van der Waals surface area contributed by atoms with Gasteiger partial charge in [0, 0.05) is 19.2 Å². The maximum absolute atomic E-state index is 12.0. The van der Waals surface area contributed by atoms with Gasteiger partial charge in [-0.15, -0.1) is 0 Å². The number of halogens is 1. The fourth-order valence-electron chi connectivity index (χ4n) is 2.09. The van der Waals surface area contributed by atoms with Crippen molar-refractivity contribution in [1.82, 2.24) is 4.90 Å². The zero-order valence-electron chi connectivity index (χ0n) is 12.2. The summed E-state index contributed by atoms with van der Waals surface area (Å²) in [6, 6.07) is 3.62. The van der Waals surface area contributed by atoms with E-state index in [4.69, 9.17) is 16.3 Å². The van der Waals surface area contributed by atoms with Gasteiger partial charge in [-0.2, -0.15) is 0 Å². The highest BCUT2D eigenvalue weighted by Crippen LogP contribution is 2.21. The van der Waals surface area contributed by atoms with Gasteiger partial charge in [0.25, 0.3) is 5.91 Å². The molecule has 9 heteroatoms. The van der Waals surface area contributed by atoms with Crippen LogP contribution in [0.5, 0.6) is 0 Å². The summed E-state index contributed by atoms with van der Waals surface area (Å²) in [6.07, 6.45) is 1.87. The Morgan fingerprint density at radius 2 is 2.04 bits per heavy atom. The van der Waals surface area contributed by atoms with E-state index < -0.39 is 28.3 Å². The first-order valence-corrected chi connectivity index (χ1v) is 8.97. The molecule has 0 radical (unpaired) electrons. The second kappa shape index (κ2) is 6.67. The molecule has 2 rings (SSSR count). The van der Waals surface area contributed by atoms with Crippen molar-refractivity contribution < 1.29 is 27.5 Å². The highest BCUT2D eigenvalue weighted by atomic mass is 35.5. The zero-order chi connectivity index (χ0) is 17.2. The van der Waals surface area contributed by atoms with Crippen LogP contribution in [0.2, 0.25) is 5.02 Å². The highest BCUT2D eigenvalue weighted by molar-refractivity contribution is 7.90. The van der Waals surface area contributed by atoms with Gasteiger partial charge in [0.2, 0.25) is 5.91 Å². The molecule has 1 heterocycles. The third-order valence-electron chi connectivity index (χ3n) is 3.29. The van der Waals surface area contributed by atoms with Crippen molar-refractivity contribution in [2.75, 3.05) is 19.4 Å². The smallest absolute Gasteiger partial charge is 0.340 e. The van der Waals surface area contributed by atoms with Crippen LogP contribution in [-0.2, 0) is 24.2 Å². The standard InChI is InChI=1S/C14H14ClNO6S/c1-23(20,21)9-4-5-11(15)10(7-9)14(19)22-8-13(18)16-6-2-3-12(16)17/h4-5,7H,2-3,6,8H2,1H3. The van der Waals surface area contributed by atoms with Gasteiger partial charge < -0.3 is 4.74 Å². The van der Waals surface area contributed by atoms with E-state index in [2.05, 4.69) is 0 Å². The first-order valence-electron chi connectivity index (χ1n) is 6.70. The predicted molar refractivity (Wildman–Crippen MR) is 80.8 cm³/mol. The van der Waals surface area contributed by atoms with E-state index in [1.807, 2.05) is 0 Å². The van der Waals surface area contributed by atoms with Crippen molar-refractivity contribution in [3.8, 4) is 0 Å². The Labute approximate surface area is 138 Å². The van der Waals surface area contributed by atoms with Crippen LogP contribution in [0.4, 0.5) is 0 Å². The lowest BCUT2D eigenvalue weighted by molar-refractivity contribution is -0.143. The van der Waals surface area contributed by atoms with E-state index in [-0.39, 0.29) is 21.4 Å². The van der Waals surface area contributed by atoms with Crippen LogP contribution < -0.4 is 0 Å². The van der Waals surface area contributed by atoms with Gasteiger partial charge in [-0.25, -0.2) is 13.2 Å². The molecule has 0 unspecified atom stereocenters. The summed E-state index contributed by atoms with van der Waals surface area (Å²) in [4.78, 5) is 36.1. The molecule has 1 aromatic rings. The Bertz CT molecular complexity index is 773. The average Bonchev–Trinajstić information content (AvgIpc) is 2.90. The minimum absolute atomic E-state index is 0.00657. The Kier molecular flexibility index (Phi) is 5.06. The van der Waals surface area contributed by atoms with Crippen LogP contribution >= 0.6 is 11.6 Å². The fourth-order valence-corrected chi connectivity index (χ4v) is 2.93. The summed E-state index contributed by atoms with van der Waals surface area (Å²) in [5, 5.41) is 0.00657. The number of carbonyl (C=O) groups excluding carboxylic acids is 3. The summed E-state index contributed by atoms with van der Waals surface area (Å²) in [5.74, 6) is -1.85. The van der Waals surface area contributed by atoms with Crippen LogP contribution in [0.15, 0.2) is 23.1 Å². The molecule has 0 aromatic heterocycles. The summed E-state index contributed by atoms with van der Waals surface area (Å²) in [7, 11) is -3.51. The van der Waals surface area contributed by atoms with Crippen molar-refractivity contribution in [3.05, 3.63) is 28.8 Å². The molecule has 0 bridgehead atoms. The van der Waals surface area contributed by atoms with Gasteiger partial charge in [0.1, 0.15) is 0 Å². The average molecular weight is 360 g/mol. The quantitative estimate of drug-likeness (QED) is 0.745. The molecule has 1 aromatic carbocycles. The third kappa shape index (κ3) is 4.08. The van der Waals surface area contributed by atoms with Crippen molar-refractivity contribution in [2.24, 2.45) is 0 Å². The molecule has 7 nitrogen and oxygen atoms in total. The predicted octanol–water partition coefficient (Wildman–Crippen LogP) is 1.05. The molecule has 2 amide bonds. The molecular formula is C14H14ClNO6S. The first kappa shape index (κ1) is 17.4. The number of likely N-dealkylation sites (tertiary alicyclic amines) is 1. The summed E-state index contributed by atoms with van der Waals surface area (Å²) in [6.45, 7) is -0.302. The Hall–Kier alpha value is -1.93. The third-order valence-corrected chi connectivity index (χ3v) is 4.73. The number of carbonyl (C=O) groups is 3. The summed E-state index contributed by atoms with van der Waals surface area (Å²) < 4.78 is 27.8. The number of benzene rings is 1. The Balaban J connectivity index is 2.09. The molecule has 1 aliphatic rings. The summed E-state index contributed by atoms with van der Waals surface area (Å²) >= 11 is 5.86. The molecule has 0 aliphatic carbocycles. The van der Waals surface area contributed by atoms with Crippen molar-refractivity contribution in [1.29, 1.82) is 0 Å². The molecule has 0 spiro atoms. The number of hydrogen-bond donors (Lipinski definition) is 0. The molecule has 0 N–H and O–H groups in total. The van der Waals surface area contributed by atoms with Crippen LogP contribution in [0.3, 0.4) is 0 Å². The van der Waals surface area contributed by atoms with Crippen molar-refractivity contribution in [3.63, 3.8) is 0 Å². The molecule has 124 valence electrons. The van der Waals surface area contributed by atoms with Gasteiger partial charge in [0.15, 0.2) is 16.4 Å². The Morgan fingerprint density at radius 3 is 2.61 bits per heavy atom. The molecular weight excluding hydrogens is 346 g/mol. The van der Waals surface area contributed by atoms with E-state index in [1.54, 1.807) is 0 Å². The maximum atomic E-state index is 12.0. The zero-order valence-corrected chi connectivity index (χ0v) is 13.8. The second-order valence-electron chi connectivity index (χ2n) is 5.03. The molecule has 23 heavy (non-hydrogen) atoms. The van der Waals surface area contributed by atoms with E-state index in [9.17, 15) is 22.8 Å². The number of ether oxygens (including phenoxy) is 1. The molecule has 1 saturated heterocycles. The van der Waals surface area contributed by atoms with E-state index in [0.29, 0.717) is 19.4 Å². The SMILES string of the molecule is CS(=O)(=O)c1ccc(Cl)c(C(=O)OCC(=O)N2CCCC2=O)c1. The maximum Gasteiger partial charge on any atom is 0.340 e. The second-order valence-corrected chi connectivity index (χ2v) is 7.46. The van der Waals surface area contributed by atoms with Gasteiger partial charge in [-0.05, 0) is 24.6 Å². The minimum atomic E-state index is -3.51. The van der Waals surface area contributed by atoms with Crippen LogP contribution in [0.25, 0.3) is 0 Å². The topological polar surface area (TPSA) is 97.8 Å². The van der Waals surface area contributed by atoms with Crippen LogP contribution in [-0.4, -0.2) is 50.5 Å². The minimum Gasteiger partial charge on any atom is -0.452 e. The number of hydrogen-bond acceptors (Lipinski definition) is 6. The monoisotopic (exact) mass is 359 g/mol. The van der Waals surface area contributed by atoms with Gasteiger partial charge in [0.05, 0.1) is 15.5 Å². The van der Waals surface area contributed by atoms with Crippen LogP contribution in [0, 0.1) is 0 Å². The molecule has 0 saturated carbocycles. The van der Waals surface area contributed by atoms with Crippen LogP contribution in [0.1, 0.15) is 23.2 Å². The van der Waals surface area contributed by atoms with Crippen molar-refractivity contribution in [2.45, 2.75) is 17.7 Å². The lowest BCUT2D eigenvalue weighted by Gasteiger charge is -2.13. The van der Waals surface area contributed by atoms with Gasteiger partial charge in [-0.1, -0.05) is 11.6 Å². The molecule has 0 atom stereocenters. The number of amides is 2. The van der Waals surface area contributed by atoms with Gasteiger partial charge >= 0.3 is 5.97 Å². The largest absolute Gasteiger partial charge is 0.452 e.